The molecule has 1 aliphatic carbocycles. The number of nitrogens with one attached hydrogen (secondary N) is 1. The zero-order chi connectivity index (χ0) is 12.3. The van der Waals surface area contributed by atoms with Crippen LogP contribution in [0.2, 0.25) is 0 Å². The van der Waals surface area contributed by atoms with Gasteiger partial charge < -0.3 is 5.32 Å². The predicted octanol–water partition coefficient (Wildman–Crippen LogP) is 2.74. The third-order valence-electron chi connectivity index (χ3n) is 3.58. The first-order chi connectivity index (χ1) is 8.20. The summed E-state index contributed by atoms with van der Waals surface area (Å²) in [7, 11) is 2.01. The summed E-state index contributed by atoms with van der Waals surface area (Å²) < 4.78 is 1.96. The van der Waals surface area contributed by atoms with Crippen LogP contribution in [0.15, 0.2) is 12.3 Å². The molecule has 3 nitrogen and oxygen atoms in total. The van der Waals surface area contributed by atoms with Crippen LogP contribution in [0.3, 0.4) is 0 Å². The molecule has 0 amide bonds. The Morgan fingerprint density at radius 3 is 3.06 bits per heavy atom. The van der Waals surface area contributed by atoms with Gasteiger partial charge in [-0.1, -0.05) is 6.92 Å². The van der Waals surface area contributed by atoms with E-state index in [1.807, 2.05) is 17.9 Å². The Balaban J connectivity index is 1.84. The van der Waals surface area contributed by atoms with Crippen LogP contribution in [0.5, 0.6) is 0 Å². The Morgan fingerprint density at radius 2 is 2.41 bits per heavy atom. The Kier molecular flexibility index (Phi) is 4.51. The monoisotopic (exact) mass is 253 g/mol. The second kappa shape index (κ2) is 5.91. The predicted molar refractivity (Wildman–Crippen MR) is 74.3 cm³/mol. The highest BCUT2D eigenvalue weighted by atomic mass is 32.2. The molecule has 0 bridgehead atoms. The van der Waals surface area contributed by atoms with Crippen LogP contribution in [0, 0.1) is 0 Å². The van der Waals surface area contributed by atoms with Crippen LogP contribution in [0.1, 0.15) is 44.8 Å². The molecule has 4 heteroatoms. The molecule has 17 heavy (non-hydrogen) atoms. The lowest BCUT2D eigenvalue weighted by Crippen LogP contribution is -2.30. The third kappa shape index (κ3) is 3.26. The lowest BCUT2D eigenvalue weighted by molar-refractivity contribution is 0.443. The lowest BCUT2D eigenvalue weighted by atomic mass is 10.2. The molecule has 96 valence electrons. The summed E-state index contributed by atoms with van der Waals surface area (Å²) in [4.78, 5) is 0. The van der Waals surface area contributed by atoms with Gasteiger partial charge in [-0.15, -0.1) is 0 Å². The normalized spacial score (nSPS) is 26.3. The fraction of sp³-hybridized carbons (Fsp3) is 0.769. The highest BCUT2D eigenvalue weighted by Crippen LogP contribution is 2.30. The molecule has 1 saturated carbocycles. The van der Waals surface area contributed by atoms with Crippen molar-refractivity contribution in [2.24, 2.45) is 7.05 Å². The minimum atomic E-state index is 0.401. The van der Waals surface area contributed by atoms with E-state index >= 15 is 0 Å². The van der Waals surface area contributed by atoms with Crippen molar-refractivity contribution in [3.63, 3.8) is 0 Å². The summed E-state index contributed by atoms with van der Waals surface area (Å²) in [5.74, 6) is 1.24. The molecule has 1 aromatic rings. The molecule has 3 atom stereocenters. The van der Waals surface area contributed by atoms with Gasteiger partial charge in [0, 0.05) is 30.6 Å². The average molecular weight is 253 g/mol. The van der Waals surface area contributed by atoms with Crippen LogP contribution in [0.25, 0.3) is 0 Å². The number of nitrogens with zero attached hydrogens (tertiary/aromatic N) is 2. The molecule has 1 N–H and O–H groups in total. The first kappa shape index (κ1) is 13.0. The van der Waals surface area contributed by atoms with E-state index in [2.05, 4.69) is 42.1 Å². The van der Waals surface area contributed by atoms with Gasteiger partial charge in [-0.3, -0.25) is 4.68 Å². The second-order valence-electron chi connectivity index (χ2n) is 4.86. The van der Waals surface area contributed by atoms with Gasteiger partial charge in [0.25, 0.3) is 0 Å². The summed E-state index contributed by atoms with van der Waals surface area (Å²) in [6.45, 7) is 4.49. The first-order valence-electron chi connectivity index (χ1n) is 6.56. The number of hydrogen-bond acceptors (Lipinski definition) is 3. The van der Waals surface area contributed by atoms with Crippen molar-refractivity contribution >= 4 is 11.8 Å². The molecule has 0 radical (unpaired) electrons. The molecule has 1 heterocycles. The summed E-state index contributed by atoms with van der Waals surface area (Å²) >= 11 is 2.11. The van der Waals surface area contributed by atoms with Gasteiger partial charge in [-0.05, 0) is 38.0 Å². The van der Waals surface area contributed by atoms with Crippen molar-refractivity contribution in [1.29, 1.82) is 0 Å². The van der Waals surface area contributed by atoms with Crippen LogP contribution in [0.4, 0.5) is 0 Å². The van der Waals surface area contributed by atoms with E-state index in [9.17, 15) is 0 Å². The summed E-state index contributed by atoms with van der Waals surface area (Å²) in [5, 5.41) is 8.84. The van der Waals surface area contributed by atoms with Crippen LogP contribution >= 0.6 is 11.8 Å². The Morgan fingerprint density at radius 1 is 1.59 bits per heavy atom. The molecule has 3 unspecified atom stereocenters. The summed E-state index contributed by atoms with van der Waals surface area (Å²) in [5.41, 5.74) is 1.27. The standard InChI is InChI=1S/C13H23N3S/c1-4-17-12-6-5-11(9-12)15-10(2)13-7-8-14-16(13)3/h7-8,10-12,15H,4-6,9H2,1-3H3. The molecule has 0 aromatic carbocycles. The van der Waals surface area contributed by atoms with E-state index in [0.29, 0.717) is 12.1 Å². The van der Waals surface area contributed by atoms with Gasteiger partial charge in [0.1, 0.15) is 0 Å². The molecular weight excluding hydrogens is 230 g/mol. The maximum absolute atomic E-state index is 4.23. The van der Waals surface area contributed by atoms with Gasteiger partial charge in [0.2, 0.25) is 0 Å². The lowest BCUT2D eigenvalue weighted by Gasteiger charge is -2.19. The number of rotatable bonds is 5. The van der Waals surface area contributed by atoms with Crippen LogP contribution in [-0.4, -0.2) is 26.8 Å². The molecular formula is C13H23N3S. The van der Waals surface area contributed by atoms with E-state index in [-0.39, 0.29) is 0 Å². The van der Waals surface area contributed by atoms with Crippen LogP contribution in [-0.2, 0) is 7.05 Å². The molecule has 1 aliphatic rings. The van der Waals surface area contributed by atoms with Crippen molar-refractivity contribution in [2.45, 2.75) is 50.4 Å². The fourth-order valence-corrected chi connectivity index (χ4v) is 3.87. The van der Waals surface area contributed by atoms with Gasteiger partial charge in [0.05, 0.1) is 5.69 Å². The highest BCUT2D eigenvalue weighted by molar-refractivity contribution is 7.99. The second-order valence-corrected chi connectivity index (χ2v) is 6.43. The van der Waals surface area contributed by atoms with Crippen molar-refractivity contribution in [3.8, 4) is 0 Å². The van der Waals surface area contributed by atoms with E-state index in [0.717, 1.165) is 5.25 Å². The Labute approximate surface area is 108 Å². The minimum absolute atomic E-state index is 0.401. The minimum Gasteiger partial charge on any atom is -0.306 e. The number of hydrogen-bond donors (Lipinski definition) is 1. The Bertz CT molecular complexity index is 350. The third-order valence-corrected chi connectivity index (χ3v) is 4.81. The quantitative estimate of drug-likeness (QED) is 0.875. The van der Waals surface area contributed by atoms with E-state index in [4.69, 9.17) is 0 Å². The van der Waals surface area contributed by atoms with Gasteiger partial charge in [0.15, 0.2) is 0 Å². The molecule has 1 aromatic heterocycles. The van der Waals surface area contributed by atoms with E-state index < -0.39 is 0 Å². The van der Waals surface area contributed by atoms with Gasteiger partial charge in [-0.2, -0.15) is 16.9 Å². The van der Waals surface area contributed by atoms with E-state index in [1.54, 1.807) is 0 Å². The molecule has 0 spiro atoms. The summed E-state index contributed by atoms with van der Waals surface area (Å²) in [6.07, 6.45) is 5.88. The average Bonchev–Trinajstić information content (AvgIpc) is 2.88. The number of aromatic nitrogens is 2. The van der Waals surface area contributed by atoms with Crippen molar-refractivity contribution in [1.82, 2.24) is 15.1 Å². The van der Waals surface area contributed by atoms with E-state index in [1.165, 1.54) is 30.7 Å². The molecule has 2 rings (SSSR count). The van der Waals surface area contributed by atoms with Crippen LogP contribution < -0.4 is 5.32 Å². The molecule has 0 aliphatic heterocycles. The maximum Gasteiger partial charge on any atom is 0.0547 e. The maximum atomic E-state index is 4.23. The molecule has 1 fully saturated rings. The van der Waals surface area contributed by atoms with Crippen molar-refractivity contribution < 1.29 is 0 Å². The summed E-state index contributed by atoms with van der Waals surface area (Å²) in [6, 6.07) is 3.19. The smallest absolute Gasteiger partial charge is 0.0547 e. The zero-order valence-electron chi connectivity index (χ0n) is 11.0. The number of aryl methyl sites for hydroxylation is 1. The van der Waals surface area contributed by atoms with Crippen molar-refractivity contribution in [3.05, 3.63) is 18.0 Å². The zero-order valence-corrected chi connectivity index (χ0v) is 11.8. The SMILES string of the molecule is CCSC1CCC(NC(C)c2ccnn2C)C1. The Hall–Kier alpha value is -0.480. The molecule has 0 saturated heterocycles. The van der Waals surface area contributed by atoms with Crippen molar-refractivity contribution in [2.75, 3.05) is 5.75 Å². The highest BCUT2D eigenvalue weighted by Gasteiger charge is 2.26. The fourth-order valence-electron chi connectivity index (χ4n) is 2.73. The topological polar surface area (TPSA) is 29.9 Å². The van der Waals surface area contributed by atoms with Gasteiger partial charge in [-0.25, -0.2) is 0 Å². The number of thioether (sulfide) groups is 1. The largest absolute Gasteiger partial charge is 0.306 e. The first-order valence-corrected chi connectivity index (χ1v) is 7.61. The van der Waals surface area contributed by atoms with Gasteiger partial charge >= 0.3 is 0 Å².